The number of nitrogens with one attached hydrogen (secondary N) is 1. The summed E-state index contributed by atoms with van der Waals surface area (Å²) in [5.74, 6) is 0. The summed E-state index contributed by atoms with van der Waals surface area (Å²) in [7, 11) is 2.21. The molecule has 1 fully saturated rings. The van der Waals surface area contributed by atoms with Gasteiger partial charge in [0, 0.05) is 36.5 Å². The summed E-state index contributed by atoms with van der Waals surface area (Å²) in [5, 5.41) is 8.64. The SMILES string of the molecule is CN1CCCC(NCc2cn(-c3ccccc3)nc2-c2ccccc2)C1. The molecule has 3 aromatic rings. The number of hydrogen-bond acceptors (Lipinski definition) is 3. The number of nitrogens with zero attached hydrogens (tertiary/aromatic N) is 3. The highest BCUT2D eigenvalue weighted by Crippen LogP contribution is 2.24. The van der Waals surface area contributed by atoms with Crippen molar-refractivity contribution in [3.8, 4) is 16.9 Å². The Morgan fingerprint density at radius 1 is 1.04 bits per heavy atom. The first-order valence-corrected chi connectivity index (χ1v) is 9.41. The van der Waals surface area contributed by atoms with Gasteiger partial charge in [-0.05, 0) is 38.6 Å². The molecule has 134 valence electrons. The number of piperidine rings is 1. The van der Waals surface area contributed by atoms with Gasteiger partial charge >= 0.3 is 0 Å². The van der Waals surface area contributed by atoms with Crippen molar-refractivity contribution in [2.45, 2.75) is 25.4 Å². The minimum atomic E-state index is 0.553. The molecule has 1 aromatic heterocycles. The largest absolute Gasteiger partial charge is 0.309 e. The fraction of sp³-hybridized carbons (Fsp3) is 0.318. The maximum absolute atomic E-state index is 4.90. The molecule has 0 aliphatic carbocycles. The van der Waals surface area contributed by atoms with Gasteiger partial charge in [-0.25, -0.2) is 4.68 Å². The zero-order chi connectivity index (χ0) is 17.8. The Morgan fingerprint density at radius 3 is 2.50 bits per heavy atom. The second-order valence-electron chi connectivity index (χ2n) is 7.13. The maximum atomic E-state index is 4.90. The van der Waals surface area contributed by atoms with Gasteiger partial charge in [0.25, 0.3) is 0 Å². The first-order valence-electron chi connectivity index (χ1n) is 9.41. The topological polar surface area (TPSA) is 33.1 Å². The molecule has 4 nitrogen and oxygen atoms in total. The second kappa shape index (κ2) is 7.85. The summed E-state index contributed by atoms with van der Waals surface area (Å²) in [6, 6.07) is 21.3. The van der Waals surface area contributed by atoms with Crippen molar-refractivity contribution in [3.05, 3.63) is 72.4 Å². The molecule has 0 spiro atoms. The number of rotatable bonds is 5. The molecule has 1 unspecified atom stereocenters. The molecule has 2 aromatic carbocycles. The molecular formula is C22H26N4. The van der Waals surface area contributed by atoms with Crippen molar-refractivity contribution in [2.75, 3.05) is 20.1 Å². The van der Waals surface area contributed by atoms with Gasteiger partial charge in [0.15, 0.2) is 0 Å². The summed E-state index contributed by atoms with van der Waals surface area (Å²) in [4.78, 5) is 2.41. The van der Waals surface area contributed by atoms with E-state index in [-0.39, 0.29) is 0 Å². The van der Waals surface area contributed by atoms with E-state index in [0.717, 1.165) is 24.5 Å². The highest BCUT2D eigenvalue weighted by Gasteiger charge is 2.18. The summed E-state index contributed by atoms with van der Waals surface area (Å²) < 4.78 is 1.99. The fourth-order valence-corrected chi connectivity index (χ4v) is 3.68. The Kier molecular flexibility index (Phi) is 5.14. The van der Waals surface area contributed by atoms with Crippen LogP contribution >= 0.6 is 0 Å². The summed E-state index contributed by atoms with van der Waals surface area (Å²) >= 11 is 0. The second-order valence-corrected chi connectivity index (χ2v) is 7.13. The average Bonchev–Trinajstić information content (AvgIpc) is 3.12. The summed E-state index contributed by atoms with van der Waals surface area (Å²) in [6.07, 6.45) is 4.68. The predicted molar refractivity (Wildman–Crippen MR) is 106 cm³/mol. The van der Waals surface area contributed by atoms with E-state index < -0.39 is 0 Å². The van der Waals surface area contributed by atoms with Crippen LogP contribution in [0.1, 0.15) is 18.4 Å². The lowest BCUT2D eigenvalue weighted by molar-refractivity contribution is 0.226. The first-order chi connectivity index (χ1) is 12.8. The summed E-state index contributed by atoms with van der Waals surface area (Å²) in [6.45, 7) is 3.17. The standard InChI is InChI=1S/C22H26N4/c1-25-14-8-11-20(17-25)23-15-19-16-26(21-12-6-3-7-13-21)24-22(19)18-9-4-2-5-10-18/h2-7,9-10,12-13,16,20,23H,8,11,14-15,17H2,1H3. The number of benzene rings is 2. The Morgan fingerprint density at radius 2 is 1.77 bits per heavy atom. The molecule has 2 heterocycles. The third-order valence-electron chi connectivity index (χ3n) is 5.06. The zero-order valence-electron chi connectivity index (χ0n) is 15.3. The van der Waals surface area contributed by atoms with E-state index in [4.69, 9.17) is 5.10 Å². The van der Waals surface area contributed by atoms with Crippen molar-refractivity contribution in [1.29, 1.82) is 0 Å². The first kappa shape index (κ1) is 17.0. The van der Waals surface area contributed by atoms with E-state index in [0.29, 0.717) is 6.04 Å². The Hall–Kier alpha value is -2.43. The number of likely N-dealkylation sites (N-methyl/N-ethyl adjacent to an activating group) is 1. The fourth-order valence-electron chi connectivity index (χ4n) is 3.68. The van der Waals surface area contributed by atoms with Gasteiger partial charge in [0.2, 0.25) is 0 Å². The number of likely N-dealkylation sites (tertiary alicyclic amines) is 1. The van der Waals surface area contributed by atoms with Crippen LogP contribution in [-0.4, -0.2) is 40.9 Å². The molecule has 0 radical (unpaired) electrons. The minimum Gasteiger partial charge on any atom is -0.309 e. The van der Waals surface area contributed by atoms with Crippen LogP contribution in [0.15, 0.2) is 66.9 Å². The van der Waals surface area contributed by atoms with E-state index in [1.165, 1.54) is 30.5 Å². The zero-order valence-corrected chi connectivity index (χ0v) is 15.3. The minimum absolute atomic E-state index is 0.553. The monoisotopic (exact) mass is 346 g/mol. The van der Waals surface area contributed by atoms with Crippen molar-refractivity contribution in [1.82, 2.24) is 20.0 Å². The highest BCUT2D eigenvalue weighted by molar-refractivity contribution is 5.63. The van der Waals surface area contributed by atoms with Crippen molar-refractivity contribution in [2.24, 2.45) is 0 Å². The van der Waals surface area contributed by atoms with Crippen LogP contribution in [0.3, 0.4) is 0 Å². The maximum Gasteiger partial charge on any atom is 0.0972 e. The van der Waals surface area contributed by atoms with Gasteiger partial charge in [-0.2, -0.15) is 5.10 Å². The van der Waals surface area contributed by atoms with E-state index in [1.807, 2.05) is 16.8 Å². The lowest BCUT2D eigenvalue weighted by Gasteiger charge is -2.30. The Bertz CT molecular complexity index is 826. The highest BCUT2D eigenvalue weighted by atomic mass is 15.3. The lowest BCUT2D eigenvalue weighted by atomic mass is 10.0. The van der Waals surface area contributed by atoms with Crippen molar-refractivity contribution < 1.29 is 0 Å². The van der Waals surface area contributed by atoms with Crippen molar-refractivity contribution >= 4 is 0 Å². The molecule has 4 rings (SSSR count). The van der Waals surface area contributed by atoms with Crippen LogP contribution in [0.4, 0.5) is 0 Å². The number of aromatic nitrogens is 2. The third-order valence-corrected chi connectivity index (χ3v) is 5.06. The Balaban J connectivity index is 1.60. The quantitative estimate of drug-likeness (QED) is 0.764. The van der Waals surface area contributed by atoms with Crippen LogP contribution < -0.4 is 5.32 Å². The normalized spacial score (nSPS) is 18.1. The van der Waals surface area contributed by atoms with Crippen LogP contribution in [0, 0.1) is 0 Å². The van der Waals surface area contributed by atoms with Gasteiger partial charge in [-0.1, -0.05) is 48.5 Å². The third kappa shape index (κ3) is 3.87. The van der Waals surface area contributed by atoms with Gasteiger partial charge in [-0.3, -0.25) is 0 Å². The van der Waals surface area contributed by atoms with E-state index in [1.54, 1.807) is 0 Å². The molecule has 1 N–H and O–H groups in total. The molecule has 0 bridgehead atoms. The molecule has 4 heteroatoms. The Labute approximate surface area is 155 Å². The van der Waals surface area contributed by atoms with Gasteiger partial charge < -0.3 is 10.2 Å². The van der Waals surface area contributed by atoms with E-state index in [2.05, 4.69) is 72.0 Å². The van der Waals surface area contributed by atoms with Crippen LogP contribution in [0.25, 0.3) is 16.9 Å². The van der Waals surface area contributed by atoms with Crippen molar-refractivity contribution in [3.63, 3.8) is 0 Å². The number of hydrogen-bond donors (Lipinski definition) is 1. The summed E-state index contributed by atoms with van der Waals surface area (Å²) in [5.41, 5.74) is 4.56. The molecule has 0 saturated carbocycles. The molecule has 1 saturated heterocycles. The van der Waals surface area contributed by atoms with Gasteiger partial charge in [-0.15, -0.1) is 0 Å². The molecule has 1 aliphatic rings. The molecule has 1 aliphatic heterocycles. The molecule has 26 heavy (non-hydrogen) atoms. The number of para-hydroxylation sites is 1. The van der Waals surface area contributed by atoms with Crippen LogP contribution in [0.2, 0.25) is 0 Å². The lowest BCUT2D eigenvalue weighted by Crippen LogP contribution is -2.43. The molecule has 0 amide bonds. The smallest absolute Gasteiger partial charge is 0.0972 e. The van der Waals surface area contributed by atoms with Gasteiger partial charge in [0.05, 0.1) is 11.4 Å². The van der Waals surface area contributed by atoms with Crippen LogP contribution in [-0.2, 0) is 6.54 Å². The van der Waals surface area contributed by atoms with Crippen LogP contribution in [0.5, 0.6) is 0 Å². The van der Waals surface area contributed by atoms with Gasteiger partial charge in [0.1, 0.15) is 0 Å². The molecular weight excluding hydrogens is 320 g/mol. The predicted octanol–water partition coefficient (Wildman–Crippen LogP) is 3.72. The van der Waals surface area contributed by atoms with E-state index >= 15 is 0 Å². The van der Waals surface area contributed by atoms with E-state index in [9.17, 15) is 0 Å². The average molecular weight is 346 g/mol. The molecule has 1 atom stereocenters.